The van der Waals surface area contributed by atoms with Crippen LogP contribution >= 0.6 is 0 Å². The second-order valence-corrected chi connectivity index (χ2v) is 5.35. The first-order valence-electron chi connectivity index (χ1n) is 6.34. The Balaban J connectivity index is 2.82. The van der Waals surface area contributed by atoms with Gasteiger partial charge in [0.2, 0.25) is 11.5 Å². The van der Waals surface area contributed by atoms with Gasteiger partial charge >= 0.3 is 11.6 Å². The predicted molar refractivity (Wildman–Crippen MR) is 66.6 cm³/mol. The number of hydrogen-bond donors (Lipinski definition) is 1. The zero-order valence-corrected chi connectivity index (χ0v) is 11.1. The van der Waals surface area contributed by atoms with Crippen molar-refractivity contribution in [1.29, 1.82) is 10.7 Å². The quantitative estimate of drug-likeness (QED) is 0.471. The van der Waals surface area contributed by atoms with E-state index in [2.05, 4.69) is 25.7 Å². The molecule has 5 nitrogen and oxygen atoms in total. The maximum absolute atomic E-state index is 9.63. The molecule has 5 heteroatoms. The van der Waals surface area contributed by atoms with Crippen molar-refractivity contribution in [1.82, 2.24) is 0 Å². The van der Waals surface area contributed by atoms with Crippen molar-refractivity contribution in [3.8, 4) is 6.07 Å². The molecule has 1 fully saturated rings. The van der Waals surface area contributed by atoms with Crippen molar-refractivity contribution in [3.63, 3.8) is 0 Å². The molecule has 0 aliphatic heterocycles. The summed E-state index contributed by atoms with van der Waals surface area (Å²) >= 11 is 0. The molecule has 1 aliphatic carbocycles. The molecule has 3 atom stereocenters. The van der Waals surface area contributed by atoms with E-state index in [0.717, 1.165) is 19.3 Å². The molecule has 98 valence electrons. The molecule has 18 heavy (non-hydrogen) atoms. The minimum Gasteiger partial charge on any atom is -0.474 e. The van der Waals surface area contributed by atoms with Gasteiger partial charge < -0.3 is 9.84 Å². The highest BCUT2D eigenvalue weighted by Gasteiger charge is 2.34. The fraction of sp³-hybridized carbons (Fsp3) is 0.769. The number of nitriles is 1. The van der Waals surface area contributed by atoms with Crippen molar-refractivity contribution in [3.05, 3.63) is 16.6 Å². The summed E-state index contributed by atoms with van der Waals surface area (Å²) in [7, 11) is 0. The second kappa shape index (κ2) is 6.26. The van der Waals surface area contributed by atoms with E-state index in [9.17, 15) is 5.11 Å². The fourth-order valence-corrected chi connectivity index (χ4v) is 2.56. The van der Waals surface area contributed by atoms with Crippen LogP contribution in [0.3, 0.4) is 0 Å². The number of aliphatic hydroxyl groups is 1. The zero-order valence-electron chi connectivity index (χ0n) is 11.1. The van der Waals surface area contributed by atoms with Gasteiger partial charge in [0.25, 0.3) is 0 Å². The van der Waals surface area contributed by atoms with Crippen molar-refractivity contribution >= 4 is 0 Å². The number of diazo groups is 1. The molecule has 0 saturated heterocycles. The maximum atomic E-state index is 9.63. The third-order valence-corrected chi connectivity index (χ3v) is 3.63. The van der Waals surface area contributed by atoms with Gasteiger partial charge in [-0.3, -0.25) is 0 Å². The van der Waals surface area contributed by atoms with E-state index in [1.54, 1.807) is 6.07 Å². The minimum atomic E-state index is -0.579. The Labute approximate surface area is 108 Å². The van der Waals surface area contributed by atoms with E-state index in [1.165, 1.54) is 0 Å². The van der Waals surface area contributed by atoms with Crippen LogP contribution < -0.4 is 0 Å². The zero-order chi connectivity index (χ0) is 13.7. The molecule has 0 heterocycles. The Morgan fingerprint density at radius 3 is 2.61 bits per heavy atom. The monoisotopic (exact) mass is 250 g/mol. The average molecular weight is 250 g/mol. The molecule has 1 saturated carbocycles. The predicted octanol–water partition coefficient (Wildman–Crippen LogP) is 3.57. The summed E-state index contributed by atoms with van der Waals surface area (Å²) in [5.41, 5.74) is -0.476. The van der Waals surface area contributed by atoms with Crippen LogP contribution in [0.2, 0.25) is 0 Å². The Morgan fingerprint density at radius 1 is 1.44 bits per heavy atom. The van der Waals surface area contributed by atoms with E-state index < -0.39 is 11.6 Å². The van der Waals surface area contributed by atoms with Crippen LogP contribution in [0.4, 0.5) is 0 Å². The first-order chi connectivity index (χ1) is 8.49. The van der Waals surface area contributed by atoms with Crippen molar-refractivity contribution in [2.75, 3.05) is 0 Å². The fourth-order valence-electron chi connectivity index (χ4n) is 2.56. The third kappa shape index (κ3) is 3.37. The highest BCUT2D eigenvalue weighted by molar-refractivity contribution is 5.26. The molecule has 0 aromatic rings. The summed E-state index contributed by atoms with van der Waals surface area (Å²) in [6.45, 7) is 6.40. The van der Waals surface area contributed by atoms with Gasteiger partial charge in [-0.2, -0.15) is 5.26 Å². The van der Waals surface area contributed by atoms with Gasteiger partial charge in [-0.15, -0.1) is 0 Å². The number of aliphatic hydroxyl groups excluding tert-OH is 1. The van der Waals surface area contributed by atoms with Crippen molar-refractivity contribution in [2.24, 2.45) is 17.8 Å². The summed E-state index contributed by atoms with van der Waals surface area (Å²) < 4.78 is 5.44. The number of ether oxygens (including phenoxy) is 1. The summed E-state index contributed by atoms with van der Waals surface area (Å²) in [5, 5.41) is 26.8. The van der Waals surface area contributed by atoms with Gasteiger partial charge in [0.05, 0.1) is 0 Å². The molecule has 1 N–H and O–H groups in total. The maximum Gasteiger partial charge on any atom is 0.540 e. The number of hydrogen-bond acceptors (Lipinski definition) is 4. The normalized spacial score (nSPS) is 29.1. The van der Waals surface area contributed by atoms with Crippen LogP contribution in [0.5, 0.6) is 0 Å². The molecule has 0 amide bonds. The minimum absolute atomic E-state index is 0.126. The Morgan fingerprint density at radius 2 is 2.11 bits per heavy atom. The van der Waals surface area contributed by atoms with Crippen LogP contribution in [-0.4, -0.2) is 11.2 Å². The van der Waals surface area contributed by atoms with Gasteiger partial charge in [0.15, 0.2) is 4.98 Å². The van der Waals surface area contributed by atoms with Crippen LogP contribution in [-0.2, 0) is 4.74 Å². The molecule has 1 aliphatic rings. The van der Waals surface area contributed by atoms with E-state index in [4.69, 9.17) is 15.4 Å². The molecule has 1 rings (SSSR count). The van der Waals surface area contributed by atoms with Gasteiger partial charge in [-0.05, 0) is 30.6 Å². The first kappa shape index (κ1) is 14.3. The average Bonchev–Trinajstić information content (AvgIpc) is 2.30. The smallest absolute Gasteiger partial charge is 0.474 e. The summed E-state index contributed by atoms with van der Waals surface area (Å²) in [6, 6.07) is 1.58. The van der Waals surface area contributed by atoms with Gasteiger partial charge in [0.1, 0.15) is 6.10 Å². The molecule has 0 bridgehead atoms. The third-order valence-electron chi connectivity index (χ3n) is 3.63. The SMILES string of the molecule is CC(C)[C@@H]1CC[C@@H](C)C[C@H]1O/C(O)=C(/C#N)[N+]#N. The van der Waals surface area contributed by atoms with E-state index in [1.807, 2.05) is 0 Å². The van der Waals surface area contributed by atoms with E-state index >= 15 is 0 Å². The van der Waals surface area contributed by atoms with Crippen molar-refractivity contribution in [2.45, 2.75) is 46.1 Å². The largest absolute Gasteiger partial charge is 0.540 e. The lowest BCUT2D eigenvalue weighted by Crippen LogP contribution is -2.34. The lowest BCUT2D eigenvalue weighted by Gasteiger charge is -2.36. The Hall–Kier alpha value is -1.75. The number of allylic oxidation sites excluding steroid dienone is 1. The number of rotatable bonds is 3. The van der Waals surface area contributed by atoms with Crippen LogP contribution in [0.25, 0.3) is 4.98 Å². The topological polar surface area (TPSA) is 81.4 Å². The highest BCUT2D eigenvalue weighted by atomic mass is 16.6. The van der Waals surface area contributed by atoms with Gasteiger partial charge in [-0.25, -0.2) is 0 Å². The van der Waals surface area contributed by atoms with Crippen LogP contribution in [0.1, 0.15) is 40.0 Å². The molecule has 0 spiro atoms. The van der Waals surface area contributed by atoms with Crippen LogP contribution in [0.15, 0.2) is 11.6 Å². The first-order valence-corrected chi connectivity index (χ1v) is 6.34. The van der Waals surface area contributed by atoms with Gasteiger partial charge in [-0.1, -0.05) is 27.2 Å². The summed E-state index contributed by atoms with van der Waals surface area (Å²) in [5.74, 6) is 0.757. The molecular weight excluding hydrogens is 230 g/mol. The standard InChI is InChI=1S/C13H19N3O2/c1-8(2)10-5-4-9(3)6-12(10)18-13(17)11(7-14)16-15/h8-10,12H,4-6H2,1-3H3/p+1/b13-11-/t9-,10+,12-/m1/s1. The molecule has 0 aromatic carbocycles. The summed E-state index contributed by atoms with van der Waals surface area (Å²) in [6.07, 6.45) is 2.92. The van der Waals surface area contributed by atoms with Crippen molar-refractivity contribution < 1.29 is 9.84 Å². The summed E-state index contributed by atoms with van der Waals surface area (Å²) in [4.78, 5) is 2.70. The van der Waals surface area contributed by atoms with E-state index in [0.29, 0.717) is 17.8 Å². The lowest BCUT2D eigenvalue weighted by molar-refractivity contribution is -0.0448. The molecular formula is C13H20N3O2+. The number of nitrogens with zero attached hydrogens (tertiary/aromatic N) is 3. The highest BCUT2D eigenvalue weighted by Crippen LogP contribution is 2.36. The Bertz CT molecular complexity index is 387. The van der Waals surface area contributed by atoms with Gasteiger partial charge in [0, 0.05) is 0 Å². The Kier molecular flexibility index (Phi) is 4.97. The van der Waals surface area contributed by atoms with Crippen LogP contribution in [0, 0.1) is 34.5 Å². The molecule has 0 unspecified atom stereocenters. The van der Waals surface area contributed by atoms with E-state index in [-0.39, 0.29) is 6.10 Å². The molecule has 0 aromatic heterocycles. The lowest BCUT2D eigenvalue weighted by atomic mass is 9.75. The second-order valence-electron chi connectivity index (χ2n) is 5.35. The molecule has 0 radical (unpaired) electrons.